The lowest BCUT2D eigenvalue weighted by atomic mass is 10.0. The van der Waals surface area contributed by atoms with Crippen molar-refractivity contribution in [1.82, 2.24) is 0 Å². The number of anilines is 1. The molecule has 0 radical (unpaired) electrons. The summed E-state index contributed by atoms with van der Waals surface area (Å²) in [5.41, 5.74) is 2.10. The maximum Gasteiger partial charge on any atom is 0.0782 e. The lowest BCUT2D eigenvalue weighted by molar-refractivity contribution is 0.196. The highest BCUT2D eigenvalue weighted by Gasteiger charge is 2.33. The van der Waals surface area contributed by atoms with Crippen molar-refractivity contribution in [3.63, 3.8) is 0 Å². The van der Waals surface area contributed by atoms with E-state index in [-0.39, 0.29) is 0 Å². The van der Waals surface area contributed by atoms with Gasteiger partial charge in [-0.2, -0.15) is 0 Å². The van der Waals surface area contributed by atoms with Gasteiger partial charge in [-0.1, -0.05) is 22.0 Å². The summed E-state index contributed by atoms with van der Waals surface area (Å²) >= 11 is 3.54. The molecule has 1 N–H and O–H groups in total. The molecule has 1 aromatic rings. The number of benzene rings is 1. The van der Waals surface area contributed by atoms with Gasteiger partial charge >= 0.3 is 0 Å². The molecule has 0 saturated heterocycles. The number of ether oxygens (including phenoxy) is 1. The highest BCUT2D eigenvalue weighted by Crippen LogP contribution is 2.39. The molecule has 112 valence electrons. The van der Waals surface area contributed by atoms with Crippen LogP contribution in [0.15, 0.2) is 22.7 Å². The van der Waals surface area contributed by atoms with Crippen molar-refractivity contribution in [3.8, 4) is 0 Å². The minimum atomic E-state index is -0.463. The molecule has 3 nitrogen and oxygen atoms in total. The third kappa shape index (κ3) is 3.74. The molecule has 2 atom stereocenters. The largest absolute Gasteiger partial charge is 0.389 e. The van der Waals surface area contributed by atoms with Gasteiger partial charge in [-0.3, -0.25) is 0 Å². The van der Waals surface area contributed by atoms with Crippen LogP contribution in [0.1, 0.15) is 38.4 Å². The van der Waals surface area contributed by atoms with Crippen LogP contribution in [0.2, 0.25) is 0 Å². The summed E-state index contributed by atoms with van der Waals surface area (Å²) < 4.78 is 6.30. The molecule has 1 aliphatic carbocycles. The van der Waals surface area contributed by atoms with E-state index >= 15 is 0 Å². The summed E-state index contributed by atoms with van der Waals surface area (Å²) in [5.74, 6) is 0.771. The SMILES string of the molecule is COCCN(c1cc(Br)ccc1C(C)O)C(C)C1CC1. The lowest BCUT2D eigenvalue weighted by Gasteiger charge is -2.34. The second-order valence-corrected chi connectivity index (χ2v) is 6.56. The fourth-order valence-electron chi connectivity index (χ4n) is 2.69. The van der Waals surface area contributed by atoms with Gasteiger partial charge in [0.05, 0.1) is 12.7 Å². The molecule has 0 aliphatic heterocycles. The van der Waals surface area contributed by atoms with Crippen molar-refractivity contribution in [2.24, 2.45) is 5.92 Å². The van der Waals surface area contributed by atoms with Crippen LogP contribution in [-0.4, -0.2) is 31.4 Å². The summed E-state index contributed by atoms with van der Waals surface area (Å²) in [6.45, 7) is 5.65. The Morgan fingerprint density at radius 2 is 2.10 bits per heavy atom. The van der Waals surface area contributed by atoms with Gasteiger partial charge in [0.1, 0.15) is 0 Å². The molecule has 2 rings (SSSR count). The van der Waals surface area contributed by atoms with Crippen LogP contribution < -0.4 is 4.90 Å². The lowest BCUT2D eigenvalue weighted by Crippen LogP contribution is -2.38. The summed E-state index contributed by atoms with van der Waals surface area (Å²) in [6, 6.07) is 6.58. The van der Waals surface area contributed by atoms with Gasteiger partial charge in [-0.25, -0.2) is 0 Å². The first kappa shape index (κ1) is 15.8. The third-order valence-corrected chi connectivity index (χ3v) is 4.58. The second kappa shape index (κ2) is 6.92. The van der Waals surface area contributed by atoms with Crippen LogP contribution in [0.4, 0.5) is 5.69 Å². The van der Waals surface area contributed by atoms with Crippen molar-refractivity contribution in [2.45, 2.75) is 38.8 Å². The molecule has 1 aliphatic rings. The van der Waals surface area contributed by atoms with Gasteiger partial charge in [0, 0.05) is 35.4 Å². The monoisotopic (exact) mass is 341 g/mol. The van der Waals surface area contributed by atoms with E-state index in [1.54, 1.807) is 7.11 Å². The molecular weight excluding hydrogens is 318 g/mol. The first-order chi connectivity index (χ1) is 9.54. The molecule has 4 heteroatoms. The Morgan fingerprint density at radius 1 is 1.40 bits per heavy atom. The molecule has 20 heavy (non-hydrogen) atoms. The smallest absolute Gasteiger partial charge is 0.0782 e. The number of aliphatic hydroxyl groups excluding tert-OH is 1. The Morgan fingerprint density at radius 3 is 2.65 bits per heavy atom. The summed E-state index contributed by atoms with van der Waals surface area (Å²) in [5, 5.41) is 10.0. The van der Waals surface area contributed by atoms with Crippen molar-refractivity contribution >= 4 is 21.6 Å². The Kier molecular flexibility index (Phi) is 5.47. The summed E-state index contributed by atoms with van der Waals surface area (Å²) in [4.78, 5) is 2.38. The minimum absolute atomic E-state index is 0.463. The quantitative estimate of drug-likeness (QED) is 0.819. The van der Waals surface area contributed by atoms with E-state index in [2.05, 4.69) is 33.8 Å². The molecule has 0 bridgehead atoms. The zero-order valence-electron chi connectivity index (χ0n) is 12.5. The molecule has 0 aromatic heterocycles. The number of hydrogen-bond donors (Lipinski definition) is 1. The molecular formula is C16H24BrNO2. The van der Waals surface area contributed by atoms with E-state index in [1.807, 2.05) is 19.1 Å². The van der Waals surface area contributed by atoms with Gasteiger partial charge in [0.2, 0.25) is 0 Å². The minimum Gasteiger partial charge on any atom is -0.389 e. The van der Waals surface area contributed by atoms with Crippen molar-refractivity contribution < 1.29 is 9.84 Å². The van der Waals surface area contributed by atoms with Crippen molar-refractivity contribution in [1.29, 1.82) is 0 Å². The standard InChI is InChI=1S/C16H24BrNO2/c1-11(13-4-5-13)18(8-9-20-3)16-10-14(17)6-7-15(16)12(2)19/h6-7,10-13,19H,4-5,8-9H2,1-3H3. The van der Waals surface area contributed by atoms with Gasteiger partial charge in [0.15, 0.2) is 0 Å². The molecule has 0 heterocycles. The Balaban J connectivity index is 2.32. The fraction of sp³-hybridized carbons (Fsp3) is 0.625. The van der Waals surface area contributed by atoms with Crippen LogP contribution in [0.5, 0.6) is 0 Å². The number of rotatable bonds is 7. The topological polar surface area (TPSA) is 32.7 Å². The molecule has 0 spiro atoms. The van der Waals surface area contributed by atoms with Crippen LogP contribution in [0.3, 0.4) is 0 Å². The van der Waals surface area contributed by atoms with Crippen LogP contribution in [0.25, 0.3) is 0 Å². The van der Waals surface area contributed by atoms with E-state index < -0.39 is 6.10 Å². The first-order valence-electron chi connectivity index (χ1n) is 7.27. The number of halogens is 1. The first-order valence-corrected chi connectivity index (χ1v) is 8.07. The molecule has 1 fully saturated rings. The van der Waals surface area contributed by atoms with E-state index in [9.17, 15) is 5.11 Å². The normalized spacial score (nSPS) is 17.9. The predicted molar refractivity (Wildman–Crippen MR) is 86.2 cm³/mol. The molecule has 0 amide bonds. The number of methoxy groups -OCH3 is 1. The number of nitrogens with zero attached hydrogens (tertiary/aromatic N) is 1. The van der Waals surface area contributed by atoms with Crippen molar-refractivity contribution in [3.05, 3.63) is 28.2 Å². The Labute approximate surface area is 130 Å². The highest BCUT2D eigenvalue weighted by atomic mass is 79.9. The summed E-state index contributed by atoms with van der Waals surface area (Å²) in [6.07, 6.45) is 2.15. The molecule has 2 unspecified atom stereocenters. The fourth-order valence-corrected chi connectivity index (χ4v) is 3.03. The van der Waals surface area contributed by atoms with Gasteiger partial charge < -0.3 is 14.7 Å². The predicted octanol–water partition coefficient (Wildman–Crippen LogP) is 3.75. The van der Waals surface area contributed by atoms with Crippen LogP contribution >= 0.6 is 15.9 Å². The van der Waals surface area contributed by atoms with Crippen LogP contribution in [-0.2, 0) is 4.74 Å². The maximum absolute atomic E-state index is 10.0. The van der Waals surface area contributed by atoms with Gasteiger partial charge in [-0.05, 0) is 44.7 Å². The molecule has 1 aromatic carbocycles. The van der Waals surface area contributed by atoms with E-state index in [4.69, 9.17) is 4.74 Å². The van der Waals surface area contributed by atoms with E-state index in [0.717, 1.165) is 28.2 Å². The zero-order chi connectivity index (χ0) is 14.7. The zero-order valence-corrected chi connectivity index (χ0v) is 14.1. The average Bonchev–Trinajstić information content (AvgIpc) is 3.23. The average molecular weight is 342 g/mol. The maximum atomic E-state index is 10.0. The second-order valence-electron chi connectivity index (χ2n) is 5.64. The van der Waals surface area contributed by atoms with Gasteiger partial charge in [0.25, 0.3) is 0 Å². The van der Waals surface area contributed by atoms with E-state index in [0.29, 0.717) is 12.6 Å². The highest BCUT2D eigenvalue weighted by molar-refractivity contribution is 9.10. The Hall–Kier alpha value is -0.580. The molecule has 1 saturated carbocycles. The van der Waals surface area contributed by atoms with Crippen LogP contribution in [0, 0.1) is 5.92 Å². The Bertz CT molecular complexity index is 446. The number of aliphatic hydroxyl groups is 1. The van der Waals surface area contributed by atoms with Gasteiger partial charge in [-0.15, -0.1) is 0 Å². The van der Waals surface area contributed by atoms with Crippen molar-refractivity contribution in [2.75, 3.05) is 25.2 Å². The third-order valence-electron chi connectivity index (χ3n) is 4.08. The van der Waals surface area contributed by atoms with E-state index in [1.165, 1.54) is 12.8 Å². The number of hydrogen-bond acceptors (Lipinski definition) is 3. The summed E-state index contributed by atoms with van der Waals surface area (Å²) in [7, 11) is 1.73.